The molecule has 1 aromatic carbocycles. The Hall–Kier alpha value is -0.900. The number of ether oxygens (including phenoxy) is 2. The van der Waals surface area contributed by atoms with E-state index >= 15 is 0 Å². The Morgan fingerprint density at radius 3 is 2.47 bits per heavy atom. The number of hydrogen-bond acceptors (Lipinski definition) is 3. The second kappa shape index (κ2) is 12.2. The first-order valence-electron chi connectivity index (χ1n) is 7.25. The minimum atomic E-state index is 0.692. The molecule has 0 heterocycles. The van der Waals surface area contributed by atoms with Crippen LogP contribution < -0.4 is 5.32 Å². The minimum Gasteiger partial charge on any atom is -0.382 e. The Balaban J connectivity index is 1.79. The largest absolute Gasteiger partial charge is 0.382 e. The van der Waals surface area contributed by atoms with Gasteiger partial charge in [-0.3, -0.25) is 0 Å². The van der Waals surface area contributed by atoms with E-state index < -0.39 is 0 Å². The van der Waals surface area contributed by atoms with Crippen LogP contribution in [-0.2, 0) is 15.9 Å². The van der Waals surface area contributed by atoms with Crippen molar-refractivity contribution in [3.63, 3.8) is 0 Å². The lowest BCUT2D eigenvalue weighted by atomic mass is 10.1. The zero-order chi connectivity index (χ0) is 13.6. The van der Waals surface area contributed by atoms with Gasteiger partial charge in [0.1, 0.15) is 0 Å². The summed E-state index contributed by atoms with van der Waals surface area (Å²) in [7, 11) is 1.70. The summed E-state index contributed by atoms with van der Waals surface area (Å²) < 4.78 is 10.3. The molecule has 0 aliphatic carbocycles. The van der Waals surface area contributed by atoms with E-state index in [4.69, 9.17) is 9.47 Å². The van der Waals surface area contributed by atoms with Crippen LogP contribution >= 0.6 is 0 Å². The number of benzene rings is 1. The van der Waals surface area contributed by atoms with Crippen molar-refractivity contribution in [3.8, 4) is 0 Å². The van der Waals surface area contributed by atoms with Crippen LogP contribution in [0.3, 0.4) is 0 Å². The molecule has 0 atom stereocenters. The molecule has 108 valence electrons. The third-order valence-electron chi connectivity index (χ3n) is 2.99. The lowest BCUT2D eigenvalue weighted by Crippen LogP contribution is -2.17. The normalized spacial score (nSPS) is 10.8. The molecule has 19 heavy (non-hydrogen) atoms. The molecule has 0 fully saturated rings. The molecule has 0 spiro atoms. The van der Waals surface area contributed by atoms with E-state index in [9.17, 15) is 0 Å². The molecule has 0 aromatic heterocycles. The average molecular weight is 265 g/mol. The van der Waals surface area contributed by atoms with E-state index in [1.54, 1.807) is 7.11 Å². The van der Waals surface area contributed by atoms with Gasteiger partial charge in [0.15, 0.2) is 0 Å². The van der Waals surface area contributed by atoms with Crippen molar-refractivity contribution in [2.75, 3.05) is 40.0 Å². The maximum absolute atomic E-state index is 5.41. The van der Waals surface area contributed by atoms with Crippen LogP contribution in [0.2, 0.25) is 0 Å². The van der Waals surface area contributed by atoms with Gasteiger partial charge in [-0.05, 0) is 44.3 Å². The van der Waals surface area contributed by atoms with Crippen LogP contribution in [0, 0.1) is 0 Å². The first-order valence-corrected chi connectivity index (χ1v) is 7.25. The highest BCUT2D eigenvalue weighted by Gasteiger charge is 1.93. The Morgan fingerprint density at radius 2 is 1.68 bits per heavy atom. The minimum absolute atomic E-state index is 0.692. The lowest BCUT2D eigenvalue weighted by molar-refractivity contribution is 0.0688. The lowest BCUT2D eigenvalue weighted by Gasteiger charge is -2.06. The van der Waals surface area contributed by atoms with E-state index in [2.05, 4.69) is 35.6 Å². The van der Waals surface area contributed by atoms with E-state index in [1.807, 2.05) is 0 Å². The fraction of sp³-hybridized carbons (Fsp3) is 0.625. The van der Waals surface area contributed by atoms with Gasteiger partial charge >= 0.3 is 0 Å². The summed E-state index contributed by atoms with van der Waals surface area (Å²) in [6, 6.07) is 10.7. The van der Waals surface area contributed by atoms with Crippen molar-refractivity contribution in [2.24, 2.45) is 0 Å². The van der Waals surface area contributed by atoms with Crippen molar-refractivity contribution < 1.29 is 9.47 Å². The average Bonchev–Trinajstić information content (AvgIpc) is 2.46. The van der Waals surface area contributed by atoms with Gasteiger partial charge in [0, 0.05) is 13.7 Å². The van der Waals surface area contributed by atoms with Gasteiger partial charge in [0.2, 0.25) is 0 Å². The number of methoxy groups -OCH3 is 1. The number of nitrogens with one attached hydrogen (secondary N) is 1. The molecule has 3 nitrogen and oxygen atoms in total. The highest BCUT2D eigenvalue weighted by Crippen LogP contribution is 2.01. The predicted molar refractivity (Wildman–Crippen MR) is 79.6 cm³/mol. The highest BCUT2D eigenvalue weighted by molar-refractivity contribution is 5.14. The summed E-state index contributed by atoms with van der Waals surface area (Å²) in [6.45, 7) is 4.43. The number of rotatable bonds is 12. The van der Waals surface area contributed by atoms with Crippen molar-refractivity contribution in [2.45, 2.75) is 25.7 Å². The first kappa shape index (κ1) is 16.2. The summed E-state index contributed by atoms with van der Waals surface area (Å²) >= 11 is 0. The zero-order valence-corrected chi connectivity index (χ0v) is 12.1. The molecule has 1 aromatic rings. The molecular weight excluding hydrogens is 238 g/mol. The maximum atomic E-state index is 5.41. The van der Waals surface area contributed by atoms with E-state index in [0.717, 1.165) is 32.5 Å². The summed E-state index contributed by atoms with van der Waals surface area (Å²) in [6.07, 6.45) is 4.66. The summed E-state index contributed by atoms with van der Waals surface area (Å²) in [5, 5.41) is 3.48. The summed E-state index contributed by atoms with van der Waals surface area (Å²) in [5.41, 5.74) is 1.43. The van der Waals surface area contributed by atoms with Crippen LogP contribution in [0.4, 0.5) is 0 Å². The monoisotopic (exact) mass is 265 g/mol. The molecule has 0 unspecified atom stereocenters. The Bertz CT molecular complexity index is 290. The highest BCUT2D eigenvalue weighted by atomic mass is 16.5. The molecule has 1 rings (SSSR count). The predicted octanol–water partition coefficient (Wildman–Crippen LogP) is 2.65. The van der Waals surface area contributed by atoms with E-state index in [1.165, 1.54) is 18.4 Å². The first-order chi connectivity index (χ1) is 9.43. The second-order valence-electron chi connectivity index (χ2n) is 4.65. The number of unbranched alkanes of at least 4 members (excludes halogenated alkanes) is 1. The van der Waals surface area contributed by atoms with Crippen molar-refractivity contribution in [1.29, 1.82) is 0 Å². The van der Waals surface area contributed by atoms with Gasteiger partial charge in [-0.2, -0.15) is 0 Å². The van der Waals surface area contributed by atoms with Crippen molar-refractivity contribution in [3.05, 3.63) is 35.9 Å². The SMILES string of the molecule is COCCOCCCCNCCCc1ccccc1. The van der Waals surface area contributed by atoms with Gasteiger partial charge in [0.05, 0.1) is 13.2 Å². The van der Waals surface area contributed by atoms with Gasteiger partial charge < -0.3 is 14.8 Å². The molecule has 0 aliphatic rings. The summed E-state index contributed by atoms with van der Waals surface area (Å²) in [5.74, 6) is 0. The van der Waals surface area contributed by atoms with Gasteiger partial charge in [-0.25, -0.2) is 0 Å². The van der Waals surface area contributed by atoms with Crippen molar-refractivity contribution in [1.82, 2.24) is 5.32 Å². The number of aryl methyl sites for hydroxylation is 1. The third-order valence-corrected chi connectivity index (χ3v) is 2.99. The molecule has 0 saturated carbocycles. The smallest absolute Gasteiger partial charge is 0.0700 e. The maximum Gasteiger partial charge on any atom is 0.0700 e. The van der Waals surface area contributed by atoms with Crippen LogP contribution in [0.5, 0.6) is 0 Å². The quantitative estimate of drug-likeness (QED) is 0.589. The van der Waals surface area contributed by atoms with Gasteiger partial charge in [-0.1, -0.05) is 30.3 Å². The Morgan fingerprint density at radius 1 is 0.895 bits per heavy atom. The third kappa shape index (κ3) is 9.65. The Kier molecular flexibility index (Phi) is 10.3. The van der Waals surface area contributed by atoms with Gasteiger partial charge in [-0.15, -0.1) is 0 Å². The summed E-state index contributed by atoms with van der Waals surface area (Å²) in [4.78, 5) is 0. The van der Waals surface area contributed by atoms with Crippen molar-refractivity contribution >= 4 is 0 Å². The molecule has 0 aliphatic heterocycles. The second-order valence-corrected chi connectivity index (χ2v) is 4.65. The fourth-order valence-electron chi connectivity index (χ4n) is 1.89. The molecule has 0 bridgehead atoms. The molecule has 1 N–H and O–H groups in total. The van der Waals surface area contributed by atoms with Crippen LogP contribution in [0.15, 0.2) is 30.3 Å². The molecular formula is C16H27NO2. The topological polar surface area (TPSA) is 30.5 Å². The Labute approximate surface area is 117 Å². The fourth-order valence-corrected chi connectivity index (χ4v) is 1.89. The molecule has 0 saturated heterocycles. The molecule has 3 heteroatoms. The molecule has 0 radical (unpaired) electrons. The number of hydrogen-bond donors (Lipinski definition) is 1. The van der Waals surface area contributed by atoms with Crippen LogP contribution in [0.1, 0.15) is 24.8 Å². The molecule has 0 amide bonds. The van der Waals surface area contributed by atoms with E-state index in [-0.39, 0.29) is 0 Å². The standard InChI is InChI=1S/C16H27NO2/c1-18-14-15-19-13-6-5-11-17-12-7-10-16-8-3-2-4-9-16/h2-4,8-9,17H,5-7,10-15H2,1H3. The van der Waals surface area contributed by atoms with Crippen LogP contribution in [0.25, 0.3) is 0 Å². The van der Waals surface area contributed by atoms with Crippen LogP contribution in [-0.4, -0.2) is 40.0 Å². The van der Waals surface area contributed by atoms with E-state index in [0.29, 0.717) is 13.2 Å². The zero-order valence-electron chi connectivity index (χ0n) is 12.1. The van der Waals surface area contributed by atoms with Gasteiger partial charge in [0.25, 0.3) is 0 Å².